The van der Waals surface area contributed by atoms with Crippen LogP contribution in [-0.4, -0.2) is 21.0 Å². The molecule has 0 aliphatic heterocycles. The molecule has 2 rings (SSSR count). The van der Waals surface area contributed by atoms with Gasteiger partial charge in [0.25, 0.3) is 0 Å². The molecule has 0 saturated heterocycles. The molecule has 0 bridgehead atoms. The molecule has 19 heavy (non-hydrogen) atoms. The molecule has 2 heterocycles. The molecule has 0 aliphatic rings. The van der Waals surface area contributed by atoms with Crippen molar-refractivity contribution in [1.29, 1.82) is 0 Å². The largest absolute Gasteiger partial charge is 0.481 e. The number of hydrogen-bond donors (Lipinski definition) is 1. The highest BCUT2D eigenvalue weighted by molar-refractivity contribution is 5.74. The molecule has 0 unspecified atom stereocenters. The summed E-state index contributed by atoms with van der Waals surface area (Å²) in [6, 6.07) is 7.84. The summed E-state index contributed by atoms with van der Waals surface area (Å²) in [6.07, 6.45) is 4.30. The third-order valence-electron chi connectivity index (χ3n) is 2.60. The standard InChI is InChI=1S/C13H14N2O2.C2H6/c16-12(17)6-2-1-5-11-8-7-10-4-3-9-14-13(10)15-11;1-2/h3-4,7-9H,1-2,5-6H2,(H,16,17);1-2H3. The monoisotopic (exact) mass is 260 g/mol. The number of pyridine rings is 2. The van der Waals surface area contributed by atoms with Gasteiger partial charge in [-0.2, -0.15) is 0 Å². The number of aryl methyl sites for hydroxylation is 1. The normalized spacial score (nSPS) is 9.79. The van der Waals surface area contributed by atoms with Gasteiger partial charge in [0, 0.05) is 23.7 Å². The zero-order valence-corrected chi connectivity index (χ0v) is 11.5. The number of aliphatic carboxylic acids is 1. The first-order valence-electron chi connectivity index (χ1n) is 6.68. The van der Waals surface area contributed by atoms with Gasteiger partial charge in [-0.15, -0.1) is 0 Å². The van der Waals surface area contributed by atoms with E-state index in [2.05, 4.69) is 9.97 Å². The minimum Gasteiger partial charge on any atom is -0.481 e. The quantitative estimate of drug-likeness (QED) is 0.836. The van der Waals surface area contributed by atoms with E-state index >= 15 is 0 Å². The Kier molecular flexibility index (Phi) is 6.50. The summed E-state index contributed by atoms with van der Waals surface area (Å²) in [6.45, 7) is 4.00. The molecular weight excluding hydrogens is 240 g/mol. The number of aromatic nitrogens is 2. The number of fused-ring (bicyclic) bond motifs is 1. The van der Waals surface area contributed by atoms with Gasteiger partial charge in [-0.05, 0) is 43.5 Å². The highest BCUT2D eigenvalue weighted by Crippen LogP contribution is 2.11. The Balaban J connectivity index is 0.000000861. The Bertz CT molecular complexity index is 526. The van der Waals surface area contributed by atoms with E-state index in [4.69, 9.17) is 5.11 Å². The van der Waals surface area contributed by atoms with Gasteiger partial charge in [0.1, 0.15) is 0 Å². The number of nitrogens with zero attached hydrogens (tertiary/aromatic N) is 2. The van der Waals surface area contributed by atoms with Crippen molar-refractivity contribution in [3.8, 4) is 0 Å². The first kappa shape index (κ1) is 15.1. The predicted molar refractivity (Wildman–Crippen MR) is 76.1 cm³/mol. The number of unbranched alkanes of at least 4 members (excludes halogenated alkanes) is 1. The molecule has 0 atom stereocenters. The molecule has 0 saturated carbocycles. The zero-order chi connectivity index (χ0) is 14.1. The van der Waals surface area contributed by atoms with Gasteiger partial charge in [0.15, 0.2) is 5.65 Å². The fourth-order valence-corrected chi connectivity index (χ4v) is 1.71. The maximum atomic E-state index is 10.4. The van der Waals surface area contributed by atoms with E-state index in [1.807, 2.05) is 38.1 Å². The van der Waals surface area contributed by atoms with E-state index in [1.54, 1.807) is 6.20 Å². The molecule has 0 aromatic carbocycles. The van der Waals surface area contributed by atoms with Crippen LogP contribution in [0.4, 0.5) is 0 Å². The van der Waals surface area contributed by atoms with E-state index in [0.717, 1.165) is 29.6 Å². The molecule has 0 fully saturated rings. The third-order valence-corrected chi connectivity index (χ3v) is 2.60. The summed E-state index contributed by atoms with van der Waals surface area (Å²) in [5.74, 6) is -0.738. The fourth-order valence-electron chi connectivity index (χ4n) is 1.71. The van der Waals surface area contributed by atoms with Gasteiger partial charge < -0.3 is 5.11 Å². The minimum atomic E-state index is -0.738. The van der Waals surface area contributed by atoms with Gasteiger partial charge in [-0.25, -0.2) is 9.97 Å². The van der Waals surface area contributed by atoms with Crippen LogP contribution >= 0.6 is 0 Å². The van der Waals surface area contributed by atoms with Gasteiger partial charge in [0.2, 0.25) is 0 Å². The van der Waals surface area contributed by atoms with Crippen molar-refractivity contribution in [2.45, 2.75) is 39.5 Å². The lowest BCUT2D eigenvalue weighted by Gasteiger charge is -2.01. The molecular formula is C15H20N2O2. The Hall–Kier alpha value is -1.97. The number of hydrogen-bond acceptors (Lipinski definition) is 3. The molecule has 0 aliphatic carbocycles. The van der Waals surface area contributed by atoms with Gasteiger partial charge in [-0.1, -0.05) is 13.8 Å². The second kappa shape index (κ2) is 8.19. The second-order valence-corrected chi connectivity index (χ2v) is 3.95. The van der Waals surface area contributed by atoms with Crippen LogP contribution in [0.25, 0.3) is 11.0 Å². The van der Waals surface area contributed by atoms with Crippen LogP contribution in [0.5, 0.6) is 0 Å². The summed E-state index contributed by atoms with van der Waals surface area (Å²) in [4.78, 5) is 19.0. The van der Waals surface area contributed by atoms with Crippen molar-refractivity contribution >= 4 is 17.0 Å². The van der Waals surface area contributed by atoms with E-state index < -0.39 is 5.97 Å². The third kappa shape index (κ3) is 5.04. The Morgan fingerprint density at radius 3 is 2.74 bits per heavy atom. The summed E-state index contributed by atoms with van der Waals surface area (Å²) < 4.78 is 0. The molecule has 102 valence electrons. The first-order chi connectivity index (χ1) is 9.25. The van der Waals surface area contributed by atoms with Crippen molar-refractivity contribution in [1.82, 2.24) is 9.97 Å². The minimum absolute atomic E-state index is 0.228. The van der Waals surface area contributed by atoms with Gasteiger partial charge in [-0.3, -0.25) is 4.79 Å². The van der Waals surface area contributed by atoms with Crippen LogP contribution in [0, 0.1) is 0 Å². The lowest BCUT2D eigenvalue weighted by Crippen LogP contribution is -1.96. The average molecular weight is 260 g/mol. The number of carboxylic acids is 1. The molecule has 4 heteroatoms. The van der Waals surface area contributed by atoms with Crippen molar-refractivity contribution in [2.24, 2.45) is 0 Å². The van der Waals surface area contributed by atoms with Crippen LogP contribution in [0.15, 0.2) is 30.5 Å². The Labute approximate surface area is 113 Å². The molecule has 1 N–H and O–H groups in total. The molecule has 0 amide bonds. The zero-order valence-electron chi connectivity index (χ0n) is 11.5. The number of carboxylic acid groups (broad SMARTS) is 1. The lowest BCUT2D eigenvalue weighted by molar-refractivity contribution is -0.137. The van der Waals surface area contributed by atoms with Crippen molar-refractivity contribution < 1.29 is 9.90 Å². The Morgan fingerprint density at radius 2 is 2.00 bits per heavy atom. The molecule has 2 aromatic heterocycles. The maximum Gasteiger partial charge on any atom is 0.303 e. The van der Waals surface area contributed by atoms with E-state index in [0.29, 0.717) is 6.42 Å². The smallest absolute Gasteiger partial charge is 0.303 e. The number of carbonyl (C=O) groups is 1. The SMILES string of the molecule is CC.O=C(O)CCCCc1ccc2cccnc2n1. The van der Waals surface area contributed by atoms with Crippen LogP contribution in [-0.2, 0) is 11.2 Å². The number of rotatable bonds is 5. The summed E-state index contributed by atoms with van der Waals surface area (Å²) in [5, 5.41) is 9.56. The van der Waals surface area contributed by atoms with E-state index in [9.17, 15) is 4.79 Å². The van der Waals surface area contributed by atoms with Crippen LogP contribution in [0.3, 0.4) is 0 Å². The van der Waals surface area contributed by atoms with Crippen molar-refractivity contribution in [2.75, 3.05) is 0 Å². The van der Waals surface area contributed by atoms with Crippen molar-refractivity contribution in [3.05, 3.63) is 36.2 Å². The van der Waals surface area contributed by atoms with Crippen LogP contribution < -0.4 is 0 Å². The summed E-state index contributed by atoms with van der Waals surface area (Å²) in [5.41, 5.74) is 1.73. The molecule has 2 aromatic rings. The molecule has 0 spiro atoms. The fraction of sp³-hybridized carbons (Fsp3) is 0.400. The average Bonchev–Trinajstić information content (AvgIpc) is 2.45. The first-order valence-corrected chi connectivity index (χ1v) is 6.68. The van der Waals surface area contributed by atoms with Crippen LogP contribution in [0.2, 0.25) is 0 Å². The Morgan fingerprint density at radius 1 is 1.21 bits per heavy atom. The summed E-state index contributed by atoms with van der Waals surface area (Å²) in [7, 11) is 0. The summed E-state index contributed by atoms with van der Waals surface area (Å²) >= 11 is 0. The second-order valence-electron chi connectivity index (χ2n) is 3.95. The maximum absolute atomic E-state index is 10.4. The highest BCUT2D eigenvalue weighted by Gasteiger charge is 2.00. The molecule has 4 nitrogen and oxygen atoms in total. The lowest BCUT2D eigenvalue weighted by atomic mass is 10.1. The van der Waals surface area contributed by atoms with Crippen molar-refractivity contribution in [3.63, 3.8) is 0 Å². The van der Waals surface area contributed by atoms with Gasteiger partial charge in [0.05, 0.1) is 0 Å². The predicted octanol–water partition coefficient (Wildman–Crippen LogP) is 3.45. The van der Waals surface area contributed by atoms with E-state index in [-0.39, 0.29) is 6.42 Å². The molecule has 0 radical (unpaired) electrons. The van der Waals surface area contributed by atoms with Crippen LogP contribution in [0.1, 0.15) is 38.8 Å². The highest BCUT2D eigenvalue weighted by atomic mass is 16.4. The topological polar surface area (TPSA) is 63.1 Å². The van der Waals surface area contributed by atoms with Gasteiger partial charge >= 0.3 is 5.97 Å². The van der Waals surface area contributed by atoms with E-state index in [1.165, 1.54) is 0 Å².